The fourth-order valence-electron chi connectivity index (χ4n) is 1.64. The van der Waals surface area contributed by atoms with Crippen LogP contribution in [0.25, 0.3) is 0 Å². The summed E-state index contributed by atoms with van der Waals surface area (Å²) < 4.78 is 36.4. The number of allylic oxidation sites excluding steroid dienone is 1. The molecule has 0 aliphatic carbocycles. The lowest BCUT2D eigenvalue weighted by Crippen LogP contribution is -2.11. The molecule has 0 bridgehead atoms. The molecule has 0 spiro atoms. The molecule has 5 heteroatoms. The van der Waals surface area contributed by atoms with Crippen LogP contribution in [0.1, 0.15) is 11.1 Å². The quantitative estimate of drug-likeness (QED) is 0.847. The third-order valence-corrected chi connectivity index (χ3v) is 2.41. The Kier molecular flexibility index (Phi) is 2.92. The smallest absolute Gasteiger partial charge is 0.393 e. The van der Waals surface area contributed by atoms with E-state index in [0.717, 1.165) is 11.3 Å². The lowest BCUT2D eigenvalue weighted by molar-refractivity contribution is -0.127. The van der Waals surface area contributed by atoms with Gasteiger partial charge in [-0.3, -0.25) is 4.99 Å². The van der Waals surface area contributed by atoms with Crippen LogP contribution in [0.2, 0.25) is 0 Å². The average molecular weight is 240 g/mol. The largest absolute Gasteiger partial charge is 0.400 e. The number of benzene rings is 1. The Morgan fingerprint density at radius 2 is 1.82 bits per heavy atom. The maximum Gasteiger partial charge on any atom is 0.393 e. The van der Waals surface area contributed by atoms with Crippen molar-refractivity contribution in [2.75, 3.05) is 6.54 Å². The topological polar surface area (TPSA) is 38.4 Å². The monoisotopic (exact) mass is 240 g/mol. The molecule has 0 fully saturated rings. The highest BCUT2D eigenvalue weighted by molar-refractivity contribution is 6.10. The maximum atomic E-state index is 12.1. The molecule has 0 unspecified atom stereocenters. The summed E-state index contributed by atoms with van der Waals surface area (Å²) >= 11 is 0. The Labute approximate surface area is 96.7 Å². The van der Waals surface area contributed by atoms with E-state index in [1.165, 1.54) is 12.1 Å². The van der Waals surface area contributed by atoms with Crippen molar-refractivity contribution >= 4 is 5.71 Å². The second-order valence-electron chi connectivity index (χ2n) is 3.91. The van der Waals surface area contributed by atoms with Gasteiger partial charge in [0.05, 0.1) is 18.7 Å². The second-order valence-corrected chi connectivity index (χ2v) is 3.91. The summed E-state index contributed by atoms with van der Waals surface area (Å²) in [5.41, 5.74) is 8.00. The number of halogens is 3. The van der Waals surface area contributed by atoms with Crippen LogP contribution in [-0.4, -0.2) is 18.4 Å². The van der Waals surface area contributed by atoms with Crippen molar-refractivity contribution < 1.29 is 13.2 Å². The maximum absolute atomic E-state index is 12.1. The lowest BCUT2D eigenvalue weighted by atomic mass is 10.1. The number of nitrogens with two attached hydrogens (primary N) is 1. The molecule has 0 radical (unpaired) electrons. The molecule has 90 valence electrons. The Hall–Kier alpha value is -1.78. The molecule has 1 heterocycles. The van der Waals surface area contributed by atoms with E-state index < -0.39 is 12.6 Å². The van der Waals surface area contributed by atoms with Gasteiger partial charge in [0.25, 0.3) is 0 Å². The van der Waals surface area contributed by atoms with Gasteiger partial charge in [-0.25, -0.2) is 0 Å². The van der Waals surface area contributed by atoms with E-state index in [0.29, 0.717) is 12.2 Å². The Balaban J connectivity index is 2.14. The van der Waals surface area contributed by atoms with E-state index in [-0.39, 0.29) is 5.56 Å². The predicted octanol–water partition coefficient (Wildman–Crippen LogP) is 2.44. The summed E-state index contributed by atoms with van der Waals surface area (Å²) in [4.78, 5) is 4.17. The van der Waals surface area contributed by atoms with Crippen LogP contribution in [0.3, 0.4) is 0 Å². The molecule has 2 rings (SSSR count). The molecular formula is C12H11F3N2. The molecule has 1 aliphatic rings. The molecule has 0 aromatic heterocycles. The zero-order valence-electron chi connectivity index (χ0n) is 8.96. The van der Waals surface area contributed by atoms with E-state index in [1.807, 2.05) is 0 Å². The van der Waals surface area contributed by atoms with Gasteiger partial charge >= 0.3 is 6.18 Å². The molecule has 2 nitrogen and oxygen atoms in total. The van der Waals surface area contributed by atoms with Gasteiger partial charge in [-0.1, -0.05) is 24.3 Å². The van der Waals surface area contributed by atoms with Crippen LogP contribution >= 0.6 is 0 Å². The fraction of sp³-hybridized carbons (Fsp3) is 0.250. The molecular weight excluding hydrogens is 229 g/mol. The number of nitrogens with zero attached hydrogens (tertiary/aromatic N) is 1. The molecule has 2 N–H and O–H groups in total. The number of hydrogen-bond donors (Lipinski definition) is 1. The van der Waals surface area contributed by atoms with E-state index in [9.17, 15) is 13.2 Å². The first kappa shape index (κ1) is 11.7. The van der Waals surface area contributed by atoms with Crippen molar-refractivity contribution in [3.63, 3.8) is 0 Å². The van der Waals surface area contributed by atoms with Crippen molar-refractivity contribution in [2.45, 2.75) is 12.6 Å². The average Bonchev–Trinajstić information content (AvgIpc) is 2.63. The van der Waals surface area contributed by atoms with Gasteiger partial charge in [0.15, 0.2) is 0 Å². The van der Waals surface area contributed by atoms with Gasteiger partial charge in [-0.2, -0.15) is 13.2 Å². The van der Waals surface area contributed by atoms with Crippen LogP contribution in [0.15, 0.2) is 41.0 Å². The van der Waals surface area contributed by atoms with Crippen LogP contribution in [0.4, 0.5) is 13.2 Å². The Morgan fingerprint density at radius 3 is 2.29 bits per heavy atom. The number of alkyl halides is 3. The fourth-order valence-corrected chi connectivity index (χ4v) is 1.64. The Morgan fingerprint density at radius 1 is 1.18 bits per heavy atom. The molecule has 0 amide bonds. The summed E-state index contributed by atoms with van der Waals surface area (Å²) in [5.74, 6) is 0. The summed E-state index contributed by atoms with van der Waals surface area (Å²) in [5, 5.41) is 0. The minimum absolute atomic E-state index is 0.247. The van der Waals surface area contributed by atoms with Gasteiger partial charge in [-0.15, -0.1) is 0 Å². The zero-order chi connectivity index (χ0) is 12.5. The minimum atomic E-state index is -4.17. The zero-order valence-corrected chi connectivity index (χ0v) is 8.96. The first-order valence-corrected chi connectivity index (χ1v) is 5.10. The summed E-state index contributed by atoms with van der Waals surface area (Å²) in [6.45, 7) is 0.458. The molecule has 17 heavy (non-hydrogen) atoms. The van der Waals surface area contributed by atoms with Gasteiger partial charge in [-0.05, 0) is 17.2 Å². The highest BCUT2D eigenvalue weighted by atomic mass is 19.4. The first-order valence-electron chi connectivity index (χ1n) is 5.10. The van der Waals surface area contributed by atoms with Crippen molar-refractivity contribution in [1.82, 2.24) is 0 Å². The SMILES string of the molecule is NC1=CC(c2ccc(CC(F)(F)F)cc2)=NC1. The summed E-state index contributed by atoms with van der Waals surface area (Å²) in [6, 6.07) is 6.20. The van der Waals surface area contributed by atoms with Gasteiger partial charge in [0, 0.05) is 5.70 Å². The van der Waals surface area contributed by atoms with Crippen molar-refractivity contribution in [3.8, 4) is 0 Å². The van der Waals surface area contributed by atoms with Gasteiger partial charge < -0.3 is 5.73 Å². The lowest BCUT2D eigenvalue weighted by Gasteiger charge is -2.06. The predicted molar refractivity (Wildman–Crippen MR) is 59.9 cm³/mol. The highest BCUT2D eigenvalue weighted by Crippen LogP contribution is 2.21. The van der Waals surface area contributed by atoms with Gasteiger partial charge in [0.1, 0.15) is 0 Å². The van der Waals surface area contributed by atoms with E-state index >= 15 is 0 Å². The van der Waals surface area contributed by atoms with Crippen LogP contribution in [0.5, 0.6) is 0 Å². The van der Waals surface area contributed by atoms with Crippen molar-refractivity contribution in [2.24, 2.45) is 10.7 Å². The minimum Gasteiger partial charge on any atom is -0.400 e. The van der Waals surface area contributed by atoms with E-state index in [1.54, 1.807) is 18.2 Å². The Bertz CT molecular complexity index is 470. The second kappa shape index (κ2) is 4.24. The molecule has 0 atom stereocenters. The third-order valence-electron chi connectivity index (χ3n) is 2.41. The van der Waals surface area contributed by atoms with Crippen LogP contribution in [-0.2, 0) is 6.42 Å². The molecule has 0 saturated carbocycles. The summed E-state index contributed by atoms with van der Waals surface area (Å²) in [6.07, 6.45) is -3.34. The first-order chi connectivity index (χ1) is 7.94. The van der Waals surface area contributed by atoms with E-state index in [4.69, 9.17) is 5.73 Å². The normalized spacial score (nSPS) is 15.7. The molecule has 1 aromatic rings. The van der Waals surface area contributed by atoms with Gasteiger partial charge in [0.2, 0.25) is 0 Å². The standard InChI is InChI=1S/C12H11F3N2/c13-12(14,15)6-8-1-3-9(4-2-8)11-5-10(16)7-17-11/h1-5H,6-7,16H2. The van der Waals surface area contributed by atoms with Crippen molar-refractivity contribution in [3.05, 3.63) is 47.2 Å². The molecule has 0 saturated heterocycles. The number of hydrogen-bond acceptors (Lipinski definition) is 2. The summed E-state index contributed by atoms with van der Waals surface area (Å²) in [7, 11) is 0. The number of rotatable bonds is 2. The molecule has 1 aliphatic heterocycles. The van der Waals surface area contributed by atoms with Crippen molar-refractivity contribution in [1.29, 1.82) is 0 Å². The van der Waals surface area contributed by atoms with Crippen LogP contribution < -0.4 is 5.73 Å². The van der Waals surface area contributed by atoms with E-state index in [2.05, 4.69) is 4.99 Å². The highest BCUT2D eigenvalue weighted by Gasteiger charge is 2.27. The number of aliphatic imine (C=N–C) groups is 1. The van der Waals surface area contributed by atoms with Crippen LogP contribution in [0, 0.1) is 0 Å². The molecule has 1 aromatic carbocycles. The third kappa shape index (κ3) is 3.09.